The number of hydrogen-bond donors (Lipinski definition) is 1. The summed E-state index contributed by atoms with van der Waals surface area (Å²) in [5.74, 6) is 0.670. The molecule has 1 N–H and O–H groups in total. The molecule has 1 atom stereocenters. The van der Waals surface area contributed by atoms with Gasteiger partial charge in [0.25, 0.3) is 0 Å². The Morgan fingerprint density at radius 1 is 1.41 bits per heavy atom. The molecule has 6 heteroatoms. The minimum Gasteiger partial charge on any atom is -0.467 e. The molecule has 0 aliphatic carbocycles. The SMILES string of the molecule is Cc1cccc(NC(=O)C2CC(=O)N(Cc3ccco3)C2)n1. The second-order valence-corrected chi connectivity index (χ2v) is 5.41. The Kier molecular flexibility index (Phi) is 3.91. The van der Waals surface area contributed by atoms with Crippen LogP contribution in [0.25, 0.3) is 0 Å². The summed E-state index contributed by atoms with van der Waals surface area (Å²) in [6, 6.07) is 9.03. The van der Waals surface area contributed by atoms with Gasteiger partial charge in [-0.25, -0.2) is 4.98 Å². The summed E-state index contributed by atoms with van der Waals surface area (Å²) in [6.45, 7) is 2.66. The Morgan fingerprint density at radius 2 is 2.27 bits per heavy atom. The van der Waals surface area contributed by atoms with E-state index in [0.717, 1.165) is 11.5 Å². The molecule has 1 aliphatic rings. The molecule has 2 amide bonds. The van der Waals surface area contributed by atoms with Crippen molar-refractivity contribution >= 4 is 17.6 Å². The van der Waals surface area contributed by atoms with Crippen molar-refractivity contribution in [1.29, 1.82) is 0 Å². The molecule has 0 spiro atoms. The van der Waals surface area contributed by atoms with Gasteiger partial charge in [0.05, 0.1) is 18.7 Å². The molecule has 114 valence electrons. The second-order valence-electron chi connectivity index (χ2n) is 5.41. The average molecular weight is 299 g/mol. The van der Waals surface area contributed by atoms with Crippen molar-refractivity contribution in [2.75, 3.05) is 11.9 Å². The number of aromatic nitrogens is 1. The zero-order valence-electron chi connectivity index (χ0n) is 12.3. The second kappa shape index (κ2) is 6.01. The zero-order chi connectivity index (χ0) is 15.5. The average Bonchev–Trinajstić information content (AvgIpc) is 3.10. The lowest BCUT2D eigenvalue weighted by Gasteiger charge is -2.15. The maximum absolute atomic E-state index is 12.3. The molecular formula is C16H17N3O3. The Balaban J connectivity index is 1.61. The number of carbonyl (C=O) groups excluding carboxylic acids is 2. The summed E-state index contributed by atoms with van der Waals surface area (Å²) in [7, 11) is 0. The van der Waals surface area contributed by atoms with Gasteiger partial charge >= 0.3 is 0 Å². The lowest BCUT2D eigenvalue weighted by atomic mass is 10.1. The molecular weight excluding hydrogens is 282 g/mol. The van der Waals surface area contributed by atoms with Crippen LogP contribution in [0.5, 0.6) is 0 Å². The quantitative estimate of drug-likeness (QED) is 0.936. The van der Waals surface area contributed by atoms with Gasteiger partial charge in [-0.05, 0) is 31.2 Å². The van der Waals surface area contributed by atoms with Crippen molar-refractivity contribution in [2.24, 2.45) is 5.92 Å². The van der Waals surface area contributed by atoms with Gasteiger partial charge in [-0.1, -0.05) is 6.07 Å². The monoisotopic (exact) mass is 299 g/mol. The molecule has 6 nitrogen and oxygen atoms in total. The molecule has 22 heavy (non-hydrogen) atoms. The van der Waals surface area contributed by atoms with E-state index in [9.17, 15) is 9.59 Å². The summed E-state index contributed by atoms with van der Waals surface area (Å²) in [4.78, 5) is 30.2. The van der Waals surface area contributed by atoms with Gasteiger partial charge in [-0.2, -0.15) is 0 Å². The number of pyridine rings is 1. The molecule has 0 radical (unpaired) electrons. The van der Waals surface area contributed by atoms with Crippen LogP contribution in [-0.4, -0.2) is 28.2 Å². The van der Waals surface area contributed by atoms with Gasteiger partial charge in [0.1, 0.15) is 11.6 Å². The molecule has 0 bridgehead atoms. The Hall–Kier alpha value is -2.63. The van der Waals surface area contributed by atoms with Crippen molar-refractivity contribution in [1.82, 2.24) is 9.88 Å². The molecule has 3 heterocycles. The third kappa shape index (κ3) is 3.16. The summed E-state index contributed by atoms with van der Waals surface area (Å²) >= 11 is 0. The first-order chi connectivity index (χ1) is 10.6. The van der Waals surface area contributed by atoms with Crippen LogP contribution in [0, 0.1) is 12.8 Å². The number of carbonyl (C=O) groups is 2. The van der Waals surface area contributed by atoms with Gasteiger partial charge < -0.3 is 14.6 Å². The summed E-state index contributed by atoms with van der Waals surface area (Å²) in [5, 5.41) is 2.77. The molecule has 0 aromatic carbocycles. The van der Waals surface area contributed by atoms with E-state index in [1.165, 1.54) is 0 Å². The predicted octanol–water partition coefficient (Wildman–Crippen LogP) is 1.97. The molecule has 1 fully saturated rings. The summed E-state index contributed by atoms with van der Waals surface area (Å²) in [5.41, 5.74) is 0.833. The number of hydrogen-bond acceptors (Lipinski definition) is 4. The Morgan fingerprint density at radius 3 is 3.00 bits per heavy atom. The van der Waals surface area contributed by atoms with Crippen LogP contribution in [-0.2, 0) is 16.1 Å². The molecule has 2 aromatic rings. The van der Waals surface area contributed by atoms with Crippen LogP contribution >= 0.6 is 0 Å². The topological polar surface area (TPSA) is 75.4 Å². The maximum atomic E-state index is 12.3. The molecule has 1 aliphatic heterocycles. The van der Waals surface area contributed by atoms with Crippen LogP contribution in [0.1, 0.15) is 17.9 Å². The third-order valence-electron chi connectivity index (χ3n) is 3.65. The summed E-state index contributed by atoms with van der Waals surface area (Å²) in [6.07, 6.45) is 1.79. The maximum Gasteiger partial charge on any atom is 0.230 e. The van der Waals surface area contributed by atoms with Crippen molar-refractivity contribution in [3.8, 4) is 0 Å². The first-order valence-electron chi connectivity index (χ1n) is 7.16. The van der Waals surface area contributed by atoms with E-state index in [0.29, 0.717) is 18.9 Å². The van der Waals surface area contributed by atoms with E-state index in [1.54, 1.807) is 23.3 Å². The fourth-order valence-electron chi connectivity index (χ4n) is 2.53. The minimum absolute atomic E-state index is 0.0336. The summed E-state index contributed by atoms with van der Waals surface area (Å²) < 4.78 is 5.24. The first-order valence-corrected chi connectivity index (χ1v) is 7.16. The van der Waals surface area contributed by atoms with Gasteiger partial charge in [-0.3, -0.25) is 9.59 Å². The number of aryl methyl sites for hydroxylation is 1. The predicted molar refractivity (Wildman–Crippen MR) is 79.8 cm³/mol. The lowest BCUT2D eigenvalue weighted by Crippen LogP contribution is -2.28. The Labute approximate surface area is 128 Å². The number of anilines is 1. The fourth-order valence-corrected chi connectivity index (χ4v) is 2.53. The van der Waals surface area contributed by atoms with Crippen LogP contribution in [0.3, 0.4) is 0 Å². The van der Waals surface area contributed by atoms with Crippen molar-refractivity contribution in [2.45, 2.75) is 19.9 Å². The van der Waals surface area contributed by atoms with Gasteiger partial charge in [0, 0.05) is 18.7 Å². The van der Waals surface area contributed by atoms with E-state index in [4.69, 9.17) is 4.42 Å². The number of amides is 2. The van der Waals surface area contributed by atoms with Crippen LogP contribution < -0.4 is 5.32 Å². The highest BCUT2D eigenvalue weighted by atomic mass is 16.3. The number of furan rings is 1. The molecule has 2 aromatic heterocycles. The molecule has 1 saturated heterocycles. The van der Waals surface area contributed by atoms with Crippen LogP contribution in [0.4, 0.5) is 5.82 Å². The van der Waals surface area contributed by atoms with Crippen molar-refractivity contribution in [3.05, 3.63) is 48.0 Å². The molecule has 1 unspecified atom stereocenters. The fraction of sp³-hybridized carbons (Fsp3) is 0.312. The van der Waals surface area contributed by atoms with Crippen LogP contribution in [0.2, 0.25) is 0 Å². The first kappa shape index (κ1) is 14.3. The number of nitrogens with one attached hydrogen (secondary N) is 1. The Bertz CT molecular complexity index is 682. The lowest BCUT2D eigenvalue weighted by molar-refractivity contribution is -0.128. The van der Waals surface area contributed by atoms with Gasteiger partial charge in [0.15, 0.2) is 0 Å². The van der Waals surface area contributed by atoms with E-state index in [2.05, 4.69) is 10.3 Å². The highest BCUT2D eigenvalue weighted by Crippen LogP contribution is 2.21. The molecule has 0 saturated carbocycles. The smallest absolute Gasteiger partial charge is 0.230 e. The van der Waals surface area contributed by atoms with Gasteiger partial charge in [0.2, 0.25) is 11.8 Å². The standard InChI is InChI=1S/C16H17N3O3/c1-11-4-2-6-14(17-11)18-16(21)12-8-15(20)19(9-12)10-13-5-3-7-22-13/h2-7,12H,8-10H2,1H3,(H,17,18,21). The number of likely N-dealkylation sites (tertiary alicyclic amines) is 1. The largest absolute Gasteiger partial charge is 0.467 e. The number of rotatable bonds is 4. The highest BCUT2D eigenvalue weighted by molar-refractivity contribution is 5.96. The van der Waals surface area contributed by atoms with Crippen LogP contribution in [0.15, 0.2) is 41.0 Å². The molecule has 3 rings (SSSR count). The van der Waals surface area contributed by atoms with E-state index < -0.39 is 0 Å². The van der Waals surface area contributed by atoms with E-state index in [1.807, 2.05) is 25.1 Å². The van der Waals surface area contributed by atoms with E-state index >= 15 is 0 Å². The normalized spacial score (nSPS) is 17.8. The zero-order valence-corrected chi connectivity index (χ0v) is 12.3. The minimum atomic E-state index is -0.357. The van der Waals surface area contributed by atoms with Gasteiger partial charge in [-0.15, -0.1) is 0 Å². The van der Waals surface area contributed by atoms with Crippen molar-refractivity contribution < 1.29 is 14.0 Å². The number of nitrogens with zero attached hydrogens (tertiary/aromatic N) is 2. The van der Waals surface area contributed by atoms with E-state index in [-0.39, 0.29) is 24.2 Å². The third-order valence-corrected chi connectivity index (χ3v) is 3.65. The van der Waals surface area contributed by atoms with Crippen molar-refractivity contribution in [3.63, 3.8) is 0 Å². The highest BCUT2D eigenvalue weighted by Gasteiger charge is 2.34.